The summed E-state index contributed by atoms with van der Waals surface area (Å²) in [4.78, 5) is 12.5. The second-order valence-electron chi connectivity index (χ2n) is 7.51. The Labute approximate surface area is 130 Å². The molecule has 21 heavy (non-hydrogen) atoms. The maximum absolute atomic E-state index is 12.5. The Hall–Kier alpha value is -0.570. The molecule has 3 heteroatoms. The van der Waals surface area contributed by atoms with Crippen molar-refractivity contribution in [2.75, 3.05) is 13.1 Å². The van der Waals surface area contributed by atoms with Crippen LogP contribution in [0.25, 0.3) is 0 Å². The molecule has 1 amide bonds. The highest BCUT2D eigenvalue weighted by molar-refractivity contribution is 5.77. The van der Waals surface area contributed by atoms with Crippen LogP contribution in [0.3, 0.4) is 0 Å². The summed E-state index contributed by atoms with van der Waals surface area (Å²) in [5.41, 5.74) is 0.0685. The molecule has 1 saturated carbocycles. The first-order chi connectivity index (χ1) is 10.1. The Kier molecular flexibility index (Phi) is 6.53. The number of carbonyl (C=O) groups excluding carboxylic acids is 1. The first kappa shape index (κ1) is 16.8. The molecule has 1 heterocycles. The molecule has 0 bridgehead atoms. The second kappa shape index (κ2) is 8.17. The van der Waals surface area contributed by atoms with Crippen LogP contribution in [0, 0.1) is 11.8 Å². The molecule has 0 radical (unpaired) electrons. The minimum absolute atomic E-state index is 0.0685. The third-order valence-corrected chi connectivity index (χ3v) is 5.55. The van der Waals surface area contributed by atoms with Crippen molar-refractivity contribution < 1.29 is 4.79 Å². The van der Waals surface area contributed by atoms with Crippen LogP contribution < -0.4 is 10.6 Å². The summed E-state index contributed by atoms with van der Waals surface area (Å²) in [6.07, 6.45) is 11.8. The molecule has 2 N–H and O–H groups in total. The van der Waals surface area contributed by atoms with Crippen molar-refractivity contribution >= 4 is 5.91 Å². The van der Waals surface area contributed by atoms with Gasteiger partial charge in [0.2, 0.25) is 5.91 Å². The van der Waals surface area contributed by atoms with Crippen LogP contribution in [0.4, 0.5) is 0 Å². The van der Waals surface area contributed by atoms with Crippen molar-refractivity contribution in [1.82, 2.24) is 10.6 Å². The molecule has 3 atom stereocenters. The van der Waals surface area contributed by atoms with Crippen molar-refractivity contribution in [3.8, 4) is 0 Å². The van der Waals surface area contributed by atoms with E-state index in [4.69, 9.17) is 0 Å². The lowest BCUT2D eigenvalue weighted by atomic mass is 9.77. The minimum atomic E-state index is 0.0685. The molecular weight excluding hydrogens is 260 g/mol. The summed E-state index contributed by atoms with van der Waals surface area (Å²) in [5, 5.41) is 6.87. The van der Waals surface area contributed by atoms with Gasteiger partial charge in [0.1, 0.15) is 0 Å². The van der Waals surface area contributed by atoms with Crippen molar-refractivity contribution in [2.45, 2.75) is 83.6 Å². The number of piperidine rings is 1. The Morgan fingerprint density at radius 1 is 1.24 bits per heavy atom. The molecule has 3 nitrogen and oxygen atoms in total. The van der Waals surface area contributed by atoms with Gasteiger partial charge in [0.05, 0.1) is 0 Å². The van der Waals surface area contributed by atoms with Gasteiger partial charge >= 0.3 is 0 Å². The fourth-order valence-electron chi connectivity index (χ4n) is 4.23. The van der Waals surface area contributed by atoms with Crippen LogP contribution in [0.5, 0.6) is 0 Å². The summed E-state index contributed by atoms with van der Waals surface area (Å²) in [5.74, 6) is 1.57. The SMILES string of the molecule is CC[C@@]1(NC(=O)CC2CCCNC2)CCCCCC(C)C1. The number of nitrogens with one attached hydrogen (secondary N) is 2. The van der Waals surface area contributed by atoms with E-state index >= 15 is 0 Å². The molecular formula is C18H34N2O. The molecule has 2 rings (SSSR count). The fourth-order valence-corrected chi connectivity index (χ4v) is 4.23. The van der Waals surface area contributed by atoms with Crippen LogP contribution in [-0.4, -0.2) is 24.5 Å². The monoisotopic (exact) mass is 294 g/mol. The average Bonchev–Trinajstić information content (AvgIpc) is 2.45. The van der Waals surface area contributed by atoms with Gasteiger partial charge in [-0.05, 0) is 57.0 Å². The molecule has 1 saturated heterocycles. The largest absolute Gasteiger partial charge is 0.351 e. The summed E-state index contributed by atoms with van der Waals surface area (Å²) >= 11 is 0. The van der Waals surface area contributed by atoms with Gasteiger partial charge in [-0.15, -0.1) is 0 Å². The molecule has 1 aliphatic heterocycles. The summed E-state index contributed by atoms with van der Waals surface area (Å²) < 4.78 is 0. The van der Waals surface area contributed by atoms with E-state index in [9.17, 15) is 4.79 Å². The third kappa shape index (κ3) is 5.28. The molecule has 0 aromatic heterocycles. The molecule has 0 aromatic carbocycles. The number of hydrogen-bond acceptors (Lipinski definition) is 2. The van der Waals surface area contributed by atoms with Gasteiger partial charge in [-0.25, -0.2) is 0 Å². The number of amides is 1. The summed E-state index contributed by atoms with van der Waals surface area (Å²) in [7, 11) is 0. The predicted octanol–water partition coefficient (Wildman–Crippen LogP) is 3.63. The maximum atomic E-state index is 12.5. The first-order valence-electron chi connectivity index (χ1n) is 9.15. The van der Waals surface area contributed by atoms with Gasteiger partial charge in [0, 0.05) is 12.0 Å². The van der Waals surface area contributed by atoms with Crippen LogP contribution in [-0.2, 0) is 4.79 Å². The van der Waals surface area contributed by atoms with Crippen LogP contribution in [0.15, 0.2) is 0 Å². The quantitative estimate of drug-likeness (QED) is 0.831. The topological polar surface area (TPSA) is 41.1 Å². The van der Waals surface area contributed by atoms with Crippen molar-refractivity contribution in [3.63, 3.8) is 0 Å². The van der Waals surface area contributed by atoms with E-state index in [2.05, 4.69) is 24.5 Å². The second-order valence-corrected chi connectivity index (χ2v) is 7.51. The lowest BCUT2D eigenvalue weighted by molar-refractivity contribution is -0.124. The van der Waals surface area contributed by atoms with Gasteiger partial charge in [0.15, 0.2) is 0 Å². The standard InChI is InChI=1S/C18H34N2O/c1-3-18(10-6-4-5-8-15(2)13-18)20-17(21)12-16-9-7-11-19-14-16/h15-16,19H,3-14H2,1-2H3,(H,20,21)/t15?,16?,18-/m1/s1. The van der Waals surface area contributed by atoms with E-state index < -0.39 is 0 Å². The molecule has 0 spiro atoms. The summed E-state index contributed by atoms with van der Waals surface area (Å²) in [6.45, 7) is 6.74. The Morgan fingerprint density at radius 2 is 2.10 bits per heavy atom. The van der Waals surface area contributed by atoms with Crippen molar-refractivity contribution in [3.05, 3.63) is 0 Å². The maximum Gasteiger partial charge on any atom is 0.220 e. The molecule has 1 aliphatic carbocycles. The van der Waals surface area contributed by atoms with Crippen LogP contribution in [0.2, 0.25) is 0 Å². The van der Waals surface area contributed by atoms with E-state index in [0.717, 1.165) is 31.8 Å². The van der Waals surface area contributed by atoms with Gasteiger partial charge in [0.25, 0.3) is 0 Å². The lowest BCUT2D eigenvalue weighted by Crippen LogP contribution is -2.50. The molecule has 122 valence electrons. The highest BCUT2D eigenvalue weighted by atomic mass is 16.1. The smallest absolute Gasteiger partial charge is 0.220 e. The highest BCUT2D eigenvalue weighted by Gasteiger charge is 2.33. The molecule has 0 aromatic rings. The Bertz CT molecular complexity index is 325. The van der Waals surface area contributed by atoms with Gasteiger partial charge in [-0.2, -0.15) is 0 Å². The van der Waals surface area contributed by atoms with Gasteiger partial charge in [-0.1, -0.05) is 39.5 Å². The lowest BCUT2D eigenvalue weighted by Gasteiger charge is -2.38. The van der Waals surface area contributed by atoms with E-state index in [1.165, 1.54) is 44.9 Å². The molecule has 2 aliphatic rings. The van der Waals surface area contributed by atoms with Crippen molar-refractivity contribution in [2.24, 2.45) is 11.8 Å². The average molecular weight is 294 g/mol. The predicted molar refractivity (Wildman–Crippen MR) is 88.2 cm³/mol. The van der Waals surface area contributed by atoms with Gasteiger partial charge < -0.3 is 10.6 Å². The normalized spacial score (nSPS) is 34.8. The van der Waals surface area contributed by atoms with Crippen molar-refractivity contribution in [1.29, 1.82) is 0 Å². The Morgan fingerprint density at radius 3 is 2.81 bits per heavy atom. The van der Waals surface area contributed by atoms with Crippen LogP contribution in [0.1, 0.15) is 78.1 Å². The zero-order valence-electron chi connectivity index (χ0n) is 14.0. The zero-order chi connectivity index (χ0) is 15.1. The highest BCUT2D eigenvalue weighted by Crippen LogP contribution is 2.32. The van der Waals surface area contributed by atoms with E-state index in [0.29, 0.717) is 18.2 Å². The van der Waals surface area contributed by atoms with E-state index in [1.807, 2.05) is 0 Å². The fraction of sp³-hybridized carbons (Fsp3) is 0.944. The number of hydrogen-bond donors (Lipinski definition) is 2. The zero-order valence-corrected chi connectivity index (χ0v) is 14.0. The summed E-state index contributed by atoms with van der Waals surface area (Å²) in [6, 6.07) is 0. The number of carbonyl (C=O) groups is 1. The van der Waals surface area contributed by atoms with E-state index in [-0.39, 0.29) is 5.54 Å². The molecule has 2 fully saturated rings. The number of rotatable bonds is 4. The minimum Gasteiger partial charge on any atom is -0.351 e. The third-order valence-electron chi connectivity index (χ3n) is 5.55. The van der Waals surface area contributed by atoms with Crippen LogP contribution >= 0.6 is 0 Å². The van der Waals surface area contributed by atoms with E-state index in [1.54, 1.807) is 0 Å². The molecule has 2 unspecified atom stereocenters. The Balaban J connectivity index is 1.90. The first-order valence-corrected chi connectivity index (χ1v) is 9.15. The van der Waals surface area contributed by atoms with Gasteiger partial charge in [-0.3, -0.25) is 4.79 Å².